The second-order valence-corrected chi connectivity index (χ2v) is 5.11. The first-order chi connectivity index (χ1) is 7.00. The molecule has 0 aliphatic heterocycles. The molecule has 3 heteroatoms. The van der Waals surface area contributed by atoms with Crippen molar-refractivity contribution in [1.29, 1.82) is 0 Å². The summed E-state index contributed by atoms with van der Waals surface area (Å²) in [7, 11) is 1.92. The summed E-state index contributed by atoms with van der Waals surface area (Å²) >= 11 is 0. The van der Waals surface area contributed by atoms with E-state index in [1.54, 1.807) is 0 Å². The van der Waals surface area contributed by atoms with Crippen molar-refractivity contribution in [1.82, 2.24) is 4.90 Å². The normalized spacial score (nSPS) is 28.5. The first-order valence-corrected chi connectivity index (χ1v) is 6.02. The van der Waals surface area contributed by atoms with Crippen molar-refractivity contribution in [3.05, 3.63) is 0 Å². The minimum atomic E-state index is -0.0269. The molecule has 3 nitrogen and oxygen atoms in total. The zero-order valence-corrected chi connectivity index (χ0v) is 10.2. The smallest absolute Gasteiger partial charge is 0.224 e. The van der Waals surface area contributed by atoms with Crippen LogP contribution in [0.1, 0.15) is 46.0 Å². The zero-order chi connectivity index (χ0) is 11.4. The van der Waals surface area contributed by atoms with Crippen LogP contribution in [0.25, 0.3) is 0 Å². The summed E-state index contributed by atoms with van der Waals surface area (Å²) in [6.45, 7) is 4.16. The maximum Gasteiger partial charge on any atom is 0.224 e. The molecule has 0 saturated heterocycles. The SMILES string of the molecule is CC(N)CC(=O)N(C)C1CCCC(C)C1. The topological polar surface area (TPSA) is 46.3 Å². The van der Waals surface area contributed by atoms with Crippen LogP contribution in [0.5, 0.6) is 0 Å². The quantitative estimate of drug-likeness (QED) is 0.775. The number of carbonyl (C=O) groups excluding carboxylic acids is 1. The molecule has 1 aliphatic rings. The van der Waals surface area contributed by atoms with Crippen molar-refractivity contribution in [3.63, 3.8) is 0 Å². The summed E-state index contributed by atoms with van der Waals surface area (Å²) < 4.78 is 0. The van der Waals surface area contributed by atoms with E-state index in [4.69, 9.17) is 5.73 Å². The van der Waals surface area contributed by atoms with Crippen LogP contribution in [0.2, 0.25) is 0 Å². The van der Waals surface area contributed by atoms with Crippen molar-refractivity contribution in [2.24, 2.45) is 11.7 Å². The van der Waals surface area contributed by atoms with Crippen LogP contribution >= 0.6 is 0 Å². The van der Waals surface area contributed by atoms with Gasteiger partial charge in [0.2, 0.25) is 5.91 Å². The molecule has 0 aromatic carbocycles. The molecule has 0 spiro atoms. The monoisotopic (exact) mass is 212 g/mol. The number of rotatable bonds is 3. The Labute approximate surface area is 93.0 Å². The Morgan fingerprint density at radius 1 is 1.53 bits per heavy atom. The Morgan fingerprint density at radius 2 is 2.20 bits per heavy atom. The van der Waals surface area contributed by atoms with Gasteiger partial charge in [-0.3, -0.25) is 4.79 Å². The van der Waals surface area contributed by atoms with Crippen LogP contribution in [0.3, 0.4) is 0 Å². The van der Waals surface area contributed by atoms with Gasteiger partial charge < -0.3 is 10.6 Å². The Balaban J connectivity index is 2.44. The average molecular weight is 212 g/mol. The van der Waals surface area contributed by atoms with Gasteiger partial charge in [0.15, 0.2) is 0 Å². The fraction of sp³-hybridized carbons (Fsp3) is 0.917. The van der Waals surface area contributed by atoms with E-state index < -0.39 is 0 Å². The van der Waals surface area contributed by atoms with E-state index in [0.717, 1.165) is 18.8 Å². The third kappa shape index (κ3) is 3.82. The first-order valence-electron chi connectivity index (χ1n) is 6.02. The van der Waals surface area contributed by atoms with E-state index >= 15 is 0 Å². The lowest BCUT2D eigenvalue weighted by atomic mass is 9.86. The van der Waals surface area contributed by atoms with Crippen molar-refractivity contribution >= 4 is 5.91 Å². The van der Waals surface area contributed by atoms with Gasteiger partial charge in [-0.05, 0) is 25.7 Å². The van der Waals surface area contributed by atoms with Gasteiger partial charge in [0.25, 0.3) is 0 Å². The predicted molar refractivity (Wildman–Crippen MR) is 62.5 cm³/mol. The Bertz CT molecular complexity index is 216. The zero-order valence-electron chi connectivity index (χ0n) is 10.2. The molecule has 0 bridgehead atoms. The summed E-state index contributed by atoms with van der Waals surface area (Å²) in [6, 6.07) is 0.418. The van der Waals surface area contributed by atoms with Gasteiger partial charge in [-0.1, -0.05) is 19.8 Å². The summed E-state index contributed by atoms with van der Waals surface area (Å²) in [6.07, 6.45) is 5.35. The highest BCUT2D eigenvalue weighted by Gasteiger charge is 2.25. The summed E-state index contributed by atoms with van der Waals surface area (Å²) in [5.74, 6) is 0.957. The molecule has 15 heavy (non-hydrogen) atoms. The Kier molecular flexibility index (Phi) is 4.58. The van der Waals surface area contributed by atoms with Gasteiger partial charge in [0, 0.05) is 25.6 Å². The van der Waals surface area contributed by atoms with E-state index in [1.807, 2.05) is 18.9 Å². The maximum absolute atomic E-state index is 11.8. The van der Waals surface area contributed by atoms with Crippen LogP contribution < -0.4 is 5.73 Å². The second kappa shape index (κ2) is 5.50. The number of hydrogen-bond acceptors (Lipinski definition) is 2. The fourth-order valence-electron chi connectivity index (χ4n) is 2.38. The van der Waals surface area contributed by atoms with Crippen molar-refractivity contribution in [2.45, 2.75) is 58.0 Å². The minimum Gasteiger partial charge on any atom is -0.343 e. The van der Waals surface area contributed by atoms with Crippen molar-refractivity contribution in [2.75, 3.05) is 7.05 Å². The van der Waals surface area contributed by atoms with Gasteiger partial charge >= 0.3 is 0 Å². The van der Waals surface area contributed by atoms with Gasteiger partial charge in [0.05, 0.1) is 0 Å². The number of amides is 1. The molecule has 1 fully saturated rings. The number of hydrogen-bond donors (Lipinski definition) is 1. The van der Waals surface area contributed by atoms with E-state index in [9.17, 15) is 4.79 Å². The molecule has 88 valence electrons. The molecular weight excluding hydrogens is 188 g/mol. The largest absolute Gasteiger partial charge is 0.343 e. The molecule has 1 saturated carbocycles. The van der Waals surface area contributed by atoms with Gasteiger partial charge in [-0.2, -0.15) is 0 Å². The lowest BCUT2D eigenvalue weighted by Crippen LogP contribution is -2.41. The number of nitrogens with two attached hydrogens (primary N) is 1. The van der Waals surface area contributed by atoms with E-state index in [2.05, 4.69) is 6.92 Å². The first kappa shape index (κ1) is 12.5. The third-order valence-corrected chi connectivity index (χ3v) is 3.35. The predicted octanol–water partition coefficient (Wildman–Crippen LogP) is 1.76. The standard InChI is InChI=1S/C12H24N2O/c1-9-5-4-6-11(7-9)14(3)12(15)8-10(2)13/h9-11H,4-8,13H2,1-3H3. The lowest BCUT2D eigenvalue weighted by Gasteiger charge is -2.34. The molecule has 1 aliphatic carbocycles. The van der Waals surface area contributed by atoms with E-state index in [-0.39, 0.29) is 11.9 Å². The van der Waals surface area contributed by atoms with Crippen molar-refractivity contribution < 1.29 is 4.79 Å². The molecule has 1 rings (SSSR count). The molecule has 0 heterocycles. The van der Waals surface area contributed by atoms with Gasteiger partial charge in [-0.25, -0.2) is 0 Å². The molecule has 0 aromatic heterocycles. The maximum atomic E-state index is 11.8. The molecule has 3 unspecified atom stereocenters. The average Bonchev–Trinajstić information content (AvgIpc) is 2.15. The fourth-order valence-corrected chi connectivity index (χ4v) is 2.38. The molecular formula is C12H24N2O. The summed E-state index contributed by atoms with van der Waals surface area (Å²) in [5, 5.41) is 0. The summed E-state index contributed by atoms with van der Waals surface area (Å²) in [5.41, 5.74) is 5.64. The molecule has 3 atom stereocenters. The van der Waals surface area contributed by atoms with Crippen LogP contribution in [0.15, 0.2) is 0 Å². The summed E-state index contributed by atoms with van der Waals surface area (Å²) in [4.78, 5) is 13.7. The van der Waals surface area contributed by atoms with Gasteiger partial charge in [-0.15, -0.1) is 0 Å². The number of carbonyl (C=O) groups is 1. The van der Waals surface area contributed by atoms with Crippen LogP contribution in [0.4, 0.5) is 0 Å². The van der Waals surface area contributed by atoms with Crippen LogP contribution in [-0.2, 0) is 4.79 Å². The molecule has 1 amide bonds. The molecule has 0 aromatic rings. The third-order valence-electron chi connectivity index (χ3n) is 3.35. The highest BCUT2D eigenvalue weighted by Crippen LogP contribution is 2.26. The van der Waals surface area contributed by atoms with E-state index in [0.29, 0.717) is 12.5 Å². The minimum absolute atomic E-state index is 0.0269. The van der Waals surface area contributed by atoms with Crippen LogP contribution in [-0.4, -0.2) is 29.9 Å². The Hall–Kier alpha value is -0.570. The highest BCUT2D eigenvalue weighted by molar-refractivity contribution is 5.76. The van der Waals surface area contributed by atoms with Crippen molar-refractivity contribution in [3.8, 4) is 0 Å². The molecule has 2 N–H and O–H groups in total. The van der Waals surface area contributed by atoms with Crippen LogP contribution in [0, 0.1) is 5.92 Å². The number of nitrogens with zero attached hydrogens (tertiary/aromatic N) is 1. The molecule has 0 radical (unpaired) electrons. The lowest BCUT2D eigenvalue weighted by molar-refractivity contribution is -0.133. The van der Waals surface area contributed by atoms with E-state index in [1.165, 1.54) is 12.8 Å². The highest BCUT2D eigenvalue weighted by atomic mass is 16.2. The second-order valence-electron chi connectivity index (χ2n) is 5.11. The Morgan fingerprint density at radius 3 is 2.73 bits per heavy atom. The van der Waals surface area contributed by atoms with Gasteiger partial charge in [0.1, 0.15) is 0 Å².